The number of benzene rings is 4. The topological polar surface area (TPSA) is 86.8 Å². The highest BCUT2D eigenvalue weighted by Crippen LogP contribution is 2.30. The predicted molar refractivity (Wildman–Crippen MR) is 190 cm³/mol. The van der Waals surface area contributed by atoms with Crippen LogP contribution in [0.25, 0.3) is 0 Å². The van der Waals surface area contributed by atoms with Gasteiger partial charge in [0, 0.05) is 29.1 Å². The van der Waals surface area contributed by atoms with Gasteiger partial charge in [0.25, 0.3) is 10.0 Å². The van der Waals surface area contributed by atoms with Crippen LogP contribution in [-0.2, 0) is 32.6 Å². The molecule has 0 spiro atoms. The van der Waals surface area contributed by atoms with Gasteiger partial charge in [0.05, 0.1) is 10.6 Å². The predicted octanol–water partition coefficient (Wildman–Crippen LogP) is 7.67. The first-order valence-corrected chi connectivity index (χ1v) is 17.7. The number of sulfonamides is 1. The Morgan fingerprint density at radius 3 is 2.13 bits per heavy atom. The number of nitrogens with zero attached hydrogens (tertiary/aromatic N) is 2. The second-order valence-electron chi connectivity index (χ2n) is 11.9. The Morgan fingerprint density at radius 1 is 0.851 bits per heavy atom. The van der Waals surface area contributed by atoms with Gasteiger partial charge in [-0.3, -0.25) is 13.9 Å². The van der Waals surface area contributed by atoms with Crippen LogP contribution in [0.1, 0.15) is 48.1 Å². The average Bonchev–Trinajstić information content (AvgIpc) is 3.03. The van der Waals surface area contributed by atoms with E-state index >= 15 is 0 Å². The smallest absolute Gasteiger partial charge is 0.264 e. The molecule has 248 valence electrons. The van der Waals surface area contributed by atoms with Gasteiger partial charge < -0.3 is 10.2 Å². The maximum atomic E-state index is 14.7. The Balaban J connectivity index is 1.85. The average molecular weight is 695 g/mol. The molecule has 0 aliphatic heterocycles. The molecule has 4 aromatic carbocycles. The summed E-state index contributed by atoms with van der Waals surface area (Å²) in [4.78, 5) is 30.2. The van der Waals surface area contributed by atoms with E-state index in [9.17, 15) is 18.0 Å². The molecular weight excluding hydrogens is 653 g/mol. The van der Waals surface area contributed by atoms with Gasteiger partial charge in [0.1, 0.15) is 12.6 Å². The van der Waals surface area contributed by atoms with Crippen molar-refractivity contribution in [2.45, 2.75) is 71.0 Å². The first-order chi connectivity index (χ1) is 22.3. The lowest BCUT2D eigenvalue weighted by atomic mass is 10.0. The molecule has 2 amide bonds. The first-order valence-electron chi connectivity index (χ1n) is 15.5. The number of amides is 2. The van der Waals surface area contributed by atoms with Crippen molar-refractivity contribution in [3.8, 4) is 0 Å². The van der Waals surface area contributed by atoms with Crippen LogP contribution in [0.15, 0.2) is 95.9 Å². The summed E-state index contributed by atoms with van der Waals surface area (Å²) in [5, 5.41) is 3.79. The van der Waals surface area contributed by atoms with E-state index in [2.05, 4.69) is 5.32 Å². The zero-order valence-electron chi connectivity index (χ0n) is 27.3. The molecule has 0 saturated heterocycles. The van der Waals surface area contributed by atoms with E-state index in [1.807, 2.05) is 77.1 Å². The molecule has 2 atom stereocenters. The number of hydrogen-bond donors (Lipinski definition) is 1. The van der Waals surface area contributed by atoms with Gasteiger partial charge in [-0.05, 0) is 81.1 Å². The van der Waals surface area contributed by atoms with Crippen molar-refractivity contribution in [3.63, 3.8) is 0 Å². The third kappa shape index (κ3) is 9.15. The number of anilines is 1. The van der Waals surface area contributed by atoms with Crippen LogP contribution in [0.3, 0.4) is 0 Å². The number of rotatable bonds is 13. The molecule has 1 N–H and O–H groups in total. The minimum atomic E-state index is -4.21. The van der Waals surface area contributed by atoms with Gasteiger partial charge in [0.15, 0.2) is 0 Å². The molecule has 4 aromatic rings. The standard InChI is InChI=1S/C37H41Cl2N3O4S/c1-6-28(5)40-37(44)35(21-29-10-8-7-9-11-29)41(23-30-15-16-31(38)22-33(30)39)36(43)24-42(34-19-14-26(3)20-27(34)4)47(45,46)32-17-12-25(2)13-18-32/h7-20,22,28,35H,6,21,23-24H2,1-5H3,(H,40,44). The van der Waals surface area contributed by atoms with Crippen molar-refractivity contribution in [3.05, 3.63) is 129 Å². The molecule has 0 saturated carbocycles. The van der Waals surface area contributed by atoms with E-state index in [0.717, 1.165) is 21.0 Å². The summed E-state index contributed by atoms with van der Waals surface area (Å²) in [6.07, 6.45) is 0.893. The van der Waals surface area contributed by atoms with Crippen LogP contribution < -0.4 is 9.62 Å². The van der Waals surface area contributed by atoms with Crippen molar-refractivity contribution in [1.29, 1.82) is 0 Å². The zero-order chi connectivity index (χ0) is 34.3. The van der Waals surface area contributed by atoms with Crippen molar-refractivity contribution >= 4 is 50.7 Å². The summed E-state index contributed by atoms with van der Waals surface area (Å²) in [7, 11) is -4.21. The Morgan fingerprint density at radius 2 is 1.51 bits per heavy atom. The van der Waals surface area contributed by atoms with Crippen LogP contribution in [-0.4, -0.2) is 43.8 Å². The molecule has 0 aliphatic carbocycles. The third-order valence-electron chi connectivity index (χ3n) is 8.14. The number of carbonyl (C=O) groups excluding carboxylic acids is 2. The van der Waals surface area contributed by atoms with E-state index in [1.165, 1.54) is 17.0 Å². The molecule has 0 aliphatic rings. The van der Waals surface area contributed by atoms with Crippen molar-refractivity contribution in [2.75, 3.05) is 10.8 Å². The monoisotopic (exact) mass is 693 g/mol. The fourth-order valence-corrected chi connectivity index (χ4v) is 7.21. The van der Waals surface area contributed by atoms with Crippen molar-refractivity contribution in [2.24, 2.45) is 0 Å². The van der Waals surface area contributed by atoms with Gasteiger partial charge in [-0.1, -0.05) is 102 Å². The highest BCUT2D eigenvalue weighted by atomic mass is 35.5. The zero-order valence-corrected chi connectivity index (χ0v) is 29.7. The molecule has 2 unspecified atom stereocenters. The van der Waals surface area contributed by atoms with E-state index in [1.54, 1.807) is 36.4 Å². The lowest BCUT2D eigenvalue weighted by Gasteiger charge is -2.35. The van der Waals surface area contributed by atoms with E-state index in [4.69, 9.17) is 23.2 Å². The van der Waals surface area contributed by atoms with Crippen LogP contribution in [0, 0.1) is 20.8 Å². The van der Waals surface area contributed by atoms with Crippen LogP contribution in [0.2, 0.25) is 10.0 Å². The van der Waals surface area contributed by atoms with Gasteiger partial charge in [-0.2, -0.15) is 0 Å². The number of carbonyl (C=O) groups is 2. The van der Waals surface area contributed by atoms with Gasteiger partial charge in [-0.15, -0.1) is 0 Å². The Bertz CT molecular complexity index is 1820. The van der Waals surface area contributed by atoms with Crippen LogP contribution in [0.4, 0.5) is 5.69 Å². The van der Waals surface area contributed by atoms with E-state index in [0.29, 0.717) is 33.3 Å². The fraction of sp³-hybridized carbons (Fsp3) is 0.297. The summed E-state index contributed by atoms with van der Waals surface area (Å²) < 4.78 is 29.8. The molecule has 7 nitrogen and oxygen atoms in total. The lowest BCUT2D eigenvalue weighted by molar-refractivity contribution is -0.140. The highest BCUT2D eigenvalue weighted by molar-refractivity contribution is 7.92. The number of hydrogen-bond acceptors (Lipinski definition) is 4. The largest absolute Gasteiger partial charge is 0.352 e. The minimum absolute atomic E-state index is 0.0500. The number of aryl methyl sites for hydroxylation is 3. The molecule has 0 aromatic heterocycles. The number of nitrogens with one attached hydrogen (secondary N) is 1. The van der Waals surface area contributed by atoms with Crippen molar-refractivity contribution < 1.29 is 18.0 Å². The third-order valence-corrected chi connectivity index (χ3v) is 10.5. The molecule has 0 bridgehead atoms. The number of halogens is 2. The summed E-state index contributed by atoms with van der Waals surface area (Å²) in [6, 6.07) is 25.2. The van der Waals surface area contributed by atoms with Crippen molar-refractivity contribution in [1.82, 2.24) is 10.2 Å². The Kier molecular flexibility index (Phi) is 12.1. The molecular formula is C37H41Cl2N3O4S. The molecule has 47 heavy (non-hydrogen) atoms. The van der Waals surface area contributed by atoms with Gasteiger partial charge >= 0.3 is 0 Å². The first kappa shape index (κ1) is 36.0. The maximum absolute atomic E-state index is 14.7. The normalized spacial score (nSPS) is 12.7. The lowest BCUT2D eigenvalue weighted by Crippen LogP contribution is -2.54. The summed E-state index contributed by atoms with van der Waals surface area (Å²) >= 11 is 12.8. The van der Waals surface area contributed by atoms with Crippen LogP contribution in [0.5, 0.6) is 0 Å². The molecule has 0 radical (unpaired) electrons. The minimum Gasteiger partial charge on any atom is -0.352 e. The summed E-state index contributed by atoms with van der Waals surface area (Å²) in [5.74, 6) is -0.909. The Labute approximate surface area is 288 Å². The second kappa shape index (κ2) is 15.8. The summed E-state index contributed by atoms with van der Waals surface area (Å²) in [5.41, 5.74) is 4.33. The Hall–Kier alpha value is -3.85. The fourth-order valence-electron chi connectivity index (χ4n) is 5.26. The second-order valence-corrected chi connectivity index (χ2v) is 14.6. The maximum Gasteiger partial charge on any atom is 0.264 e. The molecule has 10 heteroatoms. The van der Waals surface area contributed by atoms with Crippen LogP contribution >= 0.6 is 23.2 Å². The van der Waals surface area contributed by atoms with Gasteiger partial charge in [-0.25, -0.2) is 8.42 Å². The molecule has 0 fully saturated rings. The van der Waals surface area contributed by atoms with E-state index < -0.39 is 28.5 Å². The highest BCUT2D eigenvalue weighted by Gasteiger charge is 2.35. The van der Waals surface area contributed by atoms with Gasteiger partial charge in [0.2, 0.25) is 11.8 Å². The SMILES string of the molecule is CCC(C)NC(=O)C(Cc1ccccc1)N(Cc1ccc(Cl)cc1Cl)C(=O)CN(c1ccc(C)cc1C)S(=O)(=O)c1ccc(C)cc1. The molecule has 4 rings (SSSR count). The van der Waals surface area contributed by atoms with E-state index in [-0.39, 0.29) is 29.8 Å². The quantitative estimate of drug-likeness (QED) is 0.156. The summed E-state index contributed by atoms with van der Waals surface area (Å²) in [6.45, 7) is 8.87. The molecule has 0 heterocycles.